The quantitative estimate of drug-likeness (QED) is 0.651. The lowest BCUT2D eigenvalue weighted by Gasteiger charge is -2.08. The molecule has 0 aliphatic carbocycles. The first kappa shape index (κ1) is 14.0. The van der Waals surface area contributed by atoms with E-state index in [1.54, 1.807) is 6.07 Å². The van der Waals surface area contributed by atoms with Gasteiger partial charge in [-0.3, -0.25) is 9.63 Å². The van der Waals surface area contributed by atoms with Crippen LogP contribution in [0.3, 0.4) is 0 Å². The lowest BCUT2D eigenvalue weighted by Crippen LogP contribution is -2.26. The van der Waals surface area contributed by atoms with Crippen LogP contribution in [0.4, 0.5) is 4.39 Å². The first-order chi connectivity index (χ1) is 9.77. The van der Waals surface area contributed by atoms with Gasteiger partial charge in [0.25, 0.3) is 5.91 Å². The van der Waals surface area contributed by atoms with Crippen molar-refractivity contribution in [1.82, 2.24) is 5.48 Å². The topological polar surface area (TPSA) is 47.6 Å². The maximum absolute atomic E-state index is 13.3. The zero-order valence-electron chi connectivity index (χ0n) is 10.7. The second-order valence-electron chi connectivity index (χ2n) is 3.92. The van der Waals surface area contributed by atoms with Gasteiger partial charge in [-0.15, -0.1) is 0 Å². The van der Waals surface area contributed by atoms with Gasteiger partial charge in [0.15, 0.2) is 0 Å². The Morgan fingerprint density at radius 3 is 2.45 bits per heavy atom. The molecule has 2 rings (SSSR count). The van der Waals surface area contributed by atoms with Crippen molar-refractivity contribution in [1.29, 1.82) is 0 Å². The number of para-hydroxylation sites is 1. The summed E-state index contributed by atoms with van der Waals surface area (Å²) in [6, 6.07) is 14.9. The fraction of sp³-hybridized carbons (Fsp3) is 0.133. The summed E-state index contributed by atoms with van der Waals surface area (Å²) in [6.45, 7) is 0.441. The average Bonchev–Trinajstić information content (AvgIpc) is 2.48. The number of ether oxygens (including phenoxy) is 1. The molecule has 0 spiro atoms. The zero-order valence-corrected chi connectivity index (χ0v) is 10.7. The van der Waals surface area contributed by atoms with E-state index in [1.165, 1.54) is 18.2 Å². The second kappa shape index (κ2) is 7.25. The molecule has 0 radical (unpaired) electrons. The van der Waals surface area contributed by atoms with Gasteiger partial charge in [-0.05, 0) is 24.3 Å². The Bertz CT molecular complexity index is 560. The Hall–Kier alpha value is -2.40. The van der Waals surface area contributed by atoms with Crippen molar-refractivity contribution in [2.45, 2.75) is 0 Å². The average molecular weight is 275 g/mol. The molecule has 104 valence electrons. The maximum Gasteiger partial charge on any atom is 0.277 e. The number of carbonyl (C=O) groups is 1. The Morgan fingerprint density at radius 1 is 1.00 bits per heavy atom. The molecule has 2 aromatic rings. The number of carbonyl (C=O) groups excluding carboxylic acids is 1. The number of hydrogen-bond acceptors (Lipinski definition) is 3. The molecule has 20 heavy (non-hydrogen) atoms. The Balaban J connectivity index is 1.69. The molecule has 0 saturated heterocycles. The van der Waals surface area contributed by atoms with Crippen molar-refractivity contribution in [3.63, 3.8) is 0 Å². The van der Waals surface area contributed by atoms with Crippen molar-refractivity contribution < 1.29 is 18.8 Å². The number of rotatable bonds is 6. The monoisotopic (exact) mass is 275 g/mol. The summed E-state index contributed by atoms with van der Waals surface area (Å²) in [4.78, 5) is 16.5. The van der Waals surface area contributed by atoms with Crippen LogP contribution in [0.1, 0.15) is 10.4 Å². The van der Waals surface area contributed by atoms with Crippen LogP contribution in [-0.2, 0) is 4.84 Å². The van der Waals surface area contributed by atoms with Gasteiger partial charge in [0.2, 0.25) is 0 Å². The Labute approximate surface area is 116 Å². The lowest BCUT2D eigenvalue weighted by atomic mass is 10.2. The highest BCUT2D eigenvalue weighted by Gasteiger charge is 2.10. The molecule has 0 heterocycles. The smallest absolute Gasteiger partial charge is 0.277 e. The zero-order chi connectivity index (χ0) is 14.2. The highest BCUT2D eigenvalue weighted by Crippen LogP contribution is 2.08. The first-order valence-corrected chi connectivity index (χ1v) is 6.12. The molecule has 0 saturated carbocycles. The number of hydroxylamine groups is 1. The molecular weight excluding hydrogens is 261 g/mol. The molecule has 0 aromatic heterocycles. The third-order valence-electron chi connectivity index (χ3n) is 2.48. The normalized spacial score (nSPS) is 10.1. The minimum Gasteiger partial charge on any atom is -0.491 e. The van der Waals surface area contributed by atoms with E-state index in [9.17, 15) is 9.18 Å². The summed E-state index contributed by atoms with van der Waals surface area (Å²) in [5, 5.41) is 0. The summed E-state index contributed by atoms with van der Waals surface area (Å²) in [5.74, 6) is -0.492. The number of benzene rings is 2. The van der Waals surface area contributed by atoms with Crippen LogP contribution < -0.4 is 10.2 Å². The van der Waals surface area contributed by atoms with Crippen molar-refractivity contribution in [2.75, 3.05) is 13.2 Å². The molecule has 0 unspecified atom stereocenters. The first-order valence-electron chi connectivity index (χ1n) is 6.12. The van der Waals surface area contributed by atoms with Crippen molar-refractivity contribution in [3.05, 3.63) is 66.0 Å². The van der Waals surface area contributed by atoms with E-state index in [1.807, 2.05) is 30.3 Å². The third-order valence-corrected chi connectivity index (χ3v) is 2.48. The van der Waals surface area contributed by atoms with Gasteiger partial charge < -0.3 is 4.74 Å². The van der Waals surface area contributed by atoms with Gasteiger partial charge in [-0.25, -0.2) is 9.87 Å². The van der Waals surface area contributed by atoms with Gasteiger partial charge in [0, 0.05) is 0 Å². The van der Waals surface area contributed by atoms with Crippen LogP contribution in [0.5, 0.6) is 5.75 Å². The molecular formula is C15H14FNO3. The molecule has 1 amide bonds. The van der Waals surface area contributed by atoms with Gasteiger partial charge in [0.1, 0.15) is 24.8 Å². The van der Waals surface area contributed by atoms with Gasteiger partial charge >= 0.3 is 0 Å². The van der Waals surface area contributed by atoms with E-state index in [2.05, 4.69) is 5.48 Å². The van der Waals surface area contributed by atoms with Crippen LogP contribution >= 0.6 is 0 Å². The summed E-state index contributed by atoms with van der Waals surface area (Å²) in [5.41, 5.74) is 2.11. The second-order valence-corrected chi connectivity index (χ2v) is 3.92. The van der Waals surface area contributed by atoms with E-state index >= 15 is 0 Å². The van der Waals surface area contributed by atoms with Crippen LogP contribution in [0.15, 0.2) is 54.6 Å². The molecule has 4 nitrogen and oxygen atoms in total. The lowest BCUT2D eigenvalue weighted by molar-refractivity contribution is 0.0197. The van der Waals surface area contributed by atoms with Crippen molar-refractivity contribution in [2.24, 2.45) is 0 Å². The van der Waals surface area contributed by atoms with Crippen LogP contribution in [0.25, 0.3) is 0 Å². The molecule has 1 N–H and O–H groups in total. The number of nitrogens with one attached hydrogen (secondary N) is 1. The van der Waals surface area contributed by atoms with E-state index in [4.69, 9.17) is 9.57 Å². The molecule has 0 aliphatic rings. The van der Waals surface area contributed by atoms with Gasteiger partial charge in [-0.1, -0.05) is 30.3 Å². The fourth-order valence-corrected chi connectivity index (χ4v) is 1.53. The summed E-state index contributed by atoms with van der Waals surface area (Å²) < 4.78 is 18.7. The Kier molecular flexibility index (Phi) is 5.08. The fourth-order valence-electron chi connectivity index (χ4n) is 1.53. The van der Waals surface area contributed by atoms with E-state index in [0.717, 1.165) is 5.75 Å². The Morgan fingerprint density at radius 2 is 1.70 bits per heavy atom. The van der Waals surface area contributed by atoms with Crippen LogP contribution in [0.2, 0.25) is 0 Å². The van der Waals surface area contributed by atoms with E-state index in [-0.39, 0.29) is 18.8 Å². The number of hydrogen-bond donors (Lipinski definition) is 1. The van der Waals surface area contributed by atoms with Gasteiger partial charge in [-0.2, -0.15) is 0 Å². The molecule has 0 fully saturated rings. The molecule has 2 aromatic carbocycles. The molecule has 0 bridgehead atoms. The highest BCUT2D eigenvalue weighted by molar-refractivity contribution is 5.93. The van der Waals surface area contributed by atoms with Crippen molar-refractivity contribution in [3.8, 4) is 5.75 Å². The molecule has 5 heteroatoms. The van der Waals surface area contributed by atoms with E-state index in [0.29, 0.717) is 0 Å². The highest BCUT2D eigenvalue weighted by atomic mass is 19.1. The molecule has 0 aliphatic heterocycles. The minimum absolute atomic E-state index is 0.0588. The summed E-state index contributed by atoms with van der Waals surface area (Å²) in [6.07, 6.45) is 0. The minimum atomic E-state index is -0.622. The van der Waals surface area contributed by atoms with Gasteiger partial charge in [0.05, 0.1) is 5.56 Å². The standard InChI is InChI=1S/C15H14FNO3/c16-14-9-5-4-8-13(14)15(18)17-20-11-10-19-12-6-2-1-3-7-12/h1-9H,10-11H2,(H,17,18). The van der Waals surface area contributed by atoms with Crippen LogP contribution in [0, 0.1) is 5.82 Å². The number of amides is 1. The predicted molar refractivity (Wildman–Crippen MR) is 71.8 cm³/mol. The third kappa shape index (κ3) is 4.07. The molecule has 0 atom stereocenters. The SMILES string of the molecule is O=C(NOCCOc1ccccc1)c1ccccc1F. The summed E-state index contributed by atoms with van der Waals surface area (Å²) in [7, 11) is 0. The predicted octanol–water partition coefficient (Wildman–Crippen LogP) is 2.57. The summed E-state index contributed by atoms with van der Waals surface area (Å²) >= 11 is 0. The van der Waals surface area contributed by atoms with Crippen molar-refractivity contribution >= 4 is 5.91 Å². The maximum atomic E-state index is 13.3. The largest absolute Gasteiger partial charge is 0.491 e. The van der Waals surface area contributed by atoms with E-state index < -0.39 is 11.7 Å². The van der Waals surface area contributed by atoms with Crippen LogP contribution in [-0.4, -0.2) is 19.1 Å². The number of halogens is 1.